The van der Waals surface area contributed by atoms with Gasteiger partial charge in [-0.2, -0.15) is 0 Å². The second kappa shape index (κ2) is 8.14. The summed E-state index contributed by atoms with van der Waals surface area (Å²) in [5.41, 5.74) is 1.25. The van der Waals surface area contributed by atoms with Gasteiger partial charge in [-0.3, -0.25) is 0 Å². The molecule has 0 atom stereocenters. The van der Waals surface area contributed by atoms with E-state index in [2.05, 4.69) is 18.0 Å². The maximum atomic E-state index is 5.74. The number of benzene rings is 1. The minimum absolute atomic E-state index is 0.550. The van der Waals surface area contributed by atoms with Crippen molar-refractivity contribution >= 4 is 0 Å². The SMILES string of the molecule is CC.CCc1cccc(Oc2ccnc(OC)c2)c1. The summed E-state index contributed by atoms with van der Waals surface area (Å²) in [7, 11) is 1.59. The first-order valence-corrected chi connectivity index (χ1v) is 6.58. The van der Waals surface area contributed by atoms with E-state index in [0.29, 0.717) is 5.88 Å². The molecule has 0 aliphatic rings. The molecular weight excluding hydrogens is 238 g/mol. The summed E-state index contributed by atoms with van der Waals surface area (Å²) >= 11 is 0. The third-order valence-electron chi connectivity index (χ3n) is 2.46. The Morgan fingerprint density at radius 1 is 1.05 bits per heavy atom. The molecule has 2 rings (SSSR count). The Hall–Kier alpha value is -2.03. The quantitative estimate of drug-likeness (QED) is 0.811. The van der Waals surface area contributed by atoms with Crippen LogP contribution in [0.25, 0.3) is 0 Å². The van der Waals surface area contributed by atoms with Crippen LogP contribution in [0.15, 0.2) is 42.6 Å². The number of aromatic nitrogens is 1. The van der Waals surface area contributed by atoms with Crippen molar-refractivity contribution in [3.8, 4) is 17.4 Å². The topological polar surface area (TPSA) is 31.4 Å². The summed E-state index contributed by atoms with van der Waals surface area (Å²) in [5, 5.41) is 0. The number of hydrogen-bond donors (Lipinski definition) is 0. The first-order chi connectivity index (χ1) is 9.31. The number of aryl methyl sites for hydroxylation is 1. The van der Waals surface area contributed by atoms with Crippen molar-refractivity contribution in [2.45, 2.75) is 27.2 Å². The summed E-state index contributed by atoms with van der Waals surface area (Å²) in [6.07, 6.45) is 2.66. The zero-order chi connectivity index (χ0) is 14.1. The van der Waals surface area contributed by atoms with Crippen molar-refractivity contribution < 1.29 is 9.47 Å². The van der Waals surface area contributed by atoms with Crippen LogP contribution in [0.2, 0.25) is 0 Å². The molecule has 0 N–H and O–H groups in total. The third-order valence-corrected chi connectivity index (χ3v) is 2.46. The lowest BCUT2D eigenvalue weighted by Gasteiger charge is -2.07. The van der Waals surface area contributed by atoms with Crippen LogP contribution < -0.4 is 9.47 Å². The lowest BCUT2D eigenvalue weighted by molar-refractivity contribution is 0.392. The summed E-state index contributed by atoms with van der Waals surface area (Å²) in [6, 6.07) is 11.6. The molecule has 0 spiro atoms. The van der Waals surface area contributed by atoms with E-state index in [1.165, 1.54) is 5.56 Å². The average Bonchev–Trinajstić information content (AvgIpc) is 2.49. The molecule has 0 saturated heterocycles. The fraction of sp³-hybridized carbons (Fsp3) is 0.312. The minimum Gasteiger partial charge on any atom is -0.481 e. The maximum Gasteiger partial charge on any atom is 0.216 e. The molecule has 1 aromatic carbocycles. The van der Waals surface area contributed by atoms with Gasteiger partial charge >= 0.3 is 0 Å². The van der Waals surface area contributed by atoms with E-state index in [0.717, 1.165) is 17.9 Å². The van der Waals surface area contributed by atoms with E-state index in [-0.39, 0.29) is 0 Å². The number of ether oxygens (including phenoxy) is 2. The van der Waals surface area contributed by atoms with Crippen molar-refractivity contribution in [3.63, 3.8) is 0 Å². The minimum atomic E-state index is 0.550. The van der Waals surface area contributed by atoms with Gasteiger partial charge in [0, 0.05) is 12.3 Å². The van der Waals surface area contributed by atoms with Crippen LogP contribution in [-0.4, -0.2) is 12.1 Å². The predicted molar refractivity (Wildman–Crippen MR) is 78.0 cm³/mol. The largest absolute Gasteiger partial charge is 0.481 e. The van der Waals surface area contributed by atoms with Gasteiger partial charge in [-0.15, -0.1) is 0 Å². The highest BCUT2D eigenvalue weighted by Crippen LogP contribution is 2.24. The van der Waals surface area contributed by atoms with Crippen LogP contribution >= 0.6 is 0 Å². The van der Waals surface area contributed by atoms with Gasteiger partial charge < -0.3 is 9.47 Å². The Morgan fingerprint density at radius 3 is 2.47 bits per heavy atom. The summed E-state index contributed by atoms with van der Waals surface area (Å²) < 4.78 is 10.8. The molecule has 3 heteroatoms. The van der Waals surface area contributed by atoms with Crippen molar-refractivity contribution in [3.05, 3.63) is 48.2 Å². The van der Waals surface area contributed by atoms with E-state index in [9.17, 15) is 0 Å². The van der Waals surface area contributed by atoms with Crippen LogP contribution in [0, 0.1) is 0 Å². The third kappa shape index (κ3) is 4.62. The number of methoxy groups -OCH3 is 1. The Labute approximate surface area is 115 Å². The Morgan fingerprint density at radius 2 is 1.79 bits per heavy atom. The molecule has 0 amide bonds. The lowest BCUT2D eigenvalue weighted by Crippen LogP contribution is -1.90. The standard InChI is InChI=1S/C14H15NO2.C2H6/c1-3-11-5-4-6-12(9-11)17-13-7-8-15-14(10-13)16-2;1-2/h4-10H,3H2,1-2H3;1-2H3. The number of rotatable bonds is 4. The smallest absolute Gasteiger partial charge is 0.216 e. The van der Waals surface area contributed by atoms with Crippen LogP contribution in [0.3, 0.4) is 0 Å². The van der Waals surface area contributed by atoms with E-state index in [1.807, 2.05) is 32.0 Å². The van der Waals surface area contributed by atoms with Gasteiger partial charge in [-0.25, -0.2) is 4.98 Å². The molecule has 1 aromatic heterocycles. The van der Waals surface area contributed by atoms with Gasteiger partial charge in [0.25, 0.3) is 0 Å². The van der Waals surface area contributed by atoms with Crippen LogP contribution in [0.4, 0.5) is 0 Å². The van der Waals surface area contributed by atoms with Crippen LogP contribution in [0.5, 0.6) is 17.4 Å². The Bertz CT molecular complexity index is 452. The Balaban J connectivity index is 0.000000861. The molecule has 0 bridgehead atoms. The molecule has 1 heterocycles. The van der Waals surface area contributed by atoms with Gasteiger partial charge in [0.05, 0.1) is 7.11 Å². The summed E-state index contributed by atoms with van der Waals surface area (Å²) in [4.78, 5) is 4.03. The van der Waals surface area contributed by atoms with E-state index in [1.54, 1.807) is 25.4 Å². The molecule has 0 aliphatic carbocycles. The van der Waals surface area contributed by atoms with Gasteiger partial charge in [0.15, 0.2) is 0 Å². The molecular formula is C16H21NO2. The van der Waals surface area contributed by atoms with E-state index in [4.69, 9.17) is 9.47 Å². The molecule has 0 unspecified atom stereocenters. The second-order valence-corrected chi connectivity index (χ2v) is 3.64. The molecule has 2 aromatic rings. The van der Waals surface area contributed by atoms with Crippen molar-refractivity contribution in [2.75, 3.05) is 7.11 Å². The van der Waals surface area contributed by atoms with Crippen molar-refractivity contribution in [1.82, 2.24) is 4.98 Å². The van der Waals surface area contributed by atoms with Crippen molar-refractivity contribution in [2.24, 2.45) is 0 Å². The van der Waals surface area contributed by atoms with E-state index < -0.39 is 0 Å². The highest BCUT2D eigenvalue weighted by molar-refractivity contribution is 5.35. The zero-order valence-corrected chi connectivity index (χ0v) is 12.0. The molecule has 3 nitrogen and oxygen atoms in total. The molecule has 19 heavy (non-hydrogen) atoms. The molecule has 102 valence electrons. The fourth-order valence-electron chi connectivity index (χ4n) is 1.53. The normalized spacial score (nSPS) is 9.26. The average molecular weight is 259 g/mol. The van der Waals surface area contributed by atoms with Crippen LogP contribution in [-0.2, 0) is 6.42 Å². The van der Waals surface area contributed by atoms with E-state index >= 15 is 0 Å². The first kappa shape index (κ1) is 15.0. The monoisotopic (exact) mass is 259 g/mol. The lowest BCUT2D eigenvalue weighted by atomic mass is 10.2. The summed E-state index contributed by atoms with van der Waals surface area (Å²) in [6.45, 7) is 6.12. The van der Waals surface area contributed by atoms with Gasteiger partial charge in [-0.05, 0) is 30.2 Å². The van der Waals surface area contributed by atoms with Crippen LogP contribution in [0.1, 0.15) is 26.3 Å². The van der Waals surface area contributed by atoms with Gasteiger partial charge in [0.2, 0.25) is 5.88 Å². The number of pyridine rings is 1. The molecule has 0 aliphatic heterocycles. The number of nitrogens with zero attached hydrogens (tertiary/aromatic N) is 1. The predicted octanol–water partition coefficient (Wildman–Crippen LogP) is 4.47. The highest BCUT2D eigenvalue weighted by atomic mass is 16.5. The summed E-state index contributed by atoms with van der Waals surface area (Å²) in [5.74, 6) is 2.11. The first-order valence-electron chi connectivity index (χ1n) is 6.58. The Kier molecular flexibility index (Phi) is 6.44. The maximum absolute atomic E-state index is 5.74. The second-order valence-electron chi connectivity index (χ2n) is 3.64. The zero-order valence-electron chi connectivity index (χ0n) is 12.0. The fourth-order valence-corrected chi connectivity index (χ4v) is 1.53. The number of hydrogen-bond acceptors (Lipinski definition) is 3. The van der Waals surface area contributed by atoms with Crippen molar-refractivity contribution in [1.29, 1.82) is 0 Å². The highest BCUT2D eigenvalue weighted by Gasteiger charge is 2.00. The molecule has 0 fully saturated rings. The van der Waals surface area contributed by atoms with Gasteiger partial charge in [0.1, 0.15) is 11.5 Å². The van der Waals surface area contributed by atoms with Gasteiger partial charge in [-0.1, -0.05) is 32.9 Å². The molecule has 0 radical (unpaired) electrons. The molecule has 0 saturated carbocycles.